The number of carbonyl (C=O) groups excluding carboxylic acids is 3. The topological polar surface area (TPSA) is 106 Å². The number of aromatic nitrogens is 2. The Balaban J connectivity index is 1.33. The SMILES string of the molecule is CCOC(=O)N1CCOC2(C1)CN(c1ccc3c(C4CCC(=O)NC4=O)nn(C)c3c1)C2. The summed E-state index contributed by atoms with van der Waals surface area (Å²) in [6.45, 7) is 5.11. The third-order valence-electron chi connectivity index (χ3n) is 6.53. The highest BCUT2D eigenvalue weighted by Gasteiger charge is 2.48. The van der Waals surface area contributed by atoms with Crippen LogP contribution in [0.1, 0.15) is 31.4 Å². The van der Waals surface area contributed by atoms with Crippen LogP contribution in [0.2, 0.25) is 0 Å². The molecule has 3 saturated heterocycles. The Bertz CT molecular complexity index is 1090. The summed E-state index contributed by atoms with van der Waals surface area (Å²) in [5, 5.41) is 7.94. The number of fused-ring (bicyclic) bond motifs is 1. The van der Waals surface area contributed by atoms with Crippen LogP contribution in [-0.4, -0.2) is 77.6 Å². The van der Waals surface area contributed by atoms with E-state index >= 15 is 0 Å². The molecule has 1 N–H and O–H groups in total. The number of morpholine rings is 1. The highest BCUT2D eigenvalue weighted by molar-refractivity contribution is 6.02. The zero-order chi connectivity index (χ0) is 22.5. The Morgan fingerprint density at radius 3 is 2.88 bits per heavy atom. The molecule has 170 valence electrons. The summed E-state index contributed by atoms with van der Waals surface area (Å²) in [7, 11) is 1.86. The molecule has 2 aromatic rings. The van der Waals surface area contributed by atoms with Gasteiger partial charge in [-0.05, 0) is 31.5 Å². The van der Waals surface area contributed by atoms with Crippen molar-refractivity contribution in [2.24, 2.45) is 7.05 Å². The monoisotopic (exact) mass is 441 g/mol. The molecule has 3 aliphatic heterocycles. The smallest absolute Gasteiger partial charge is 0.409 e. The van der Waals surface area contributed by atoms with E-state index in [1.807, 2.05) is 19.2 Å². The minimum absolute atomic E-state index is 0.230. The first-order chi connectivity index (χ1) is 15.4. The lowest BCUT2D eigenvalue weighted by Gasteiger charge is -2.54. The van der Waals surface area contributed by atoms with Crippen LogP contribution in [0.25, 0.3) is 10.9 Å². The van der Waals surface area contributed by atoms with Crippen molar-refractivity contribution in [2.45, 2.75) is 31.3 Å². The van der Waals surface area contributed by atoms with Crippen LogP contribution in [0.4, 0.5) is 10.5 Å². The Morgan fingerprint density at radius 1 is 1.31 bits per heavy atom. The highest BCUT2D eigenvalue weighted by atomic mass is 16.6. The quantitative estimate of drug-likeness (QED) is 0.712. The molecule has 4 heterocycles. The van der Waals surface area contributed by atoms with Crippen LogP contribution >= 0.6 is 0 Å². The molecule has 1 spiro atoms. The van der Waals surface area contributed by atoms with Crippen molar-refractivity contribution in [3.8, 4) is 0 Å². The molecule has 0 bridgehead atoms. The van der Waals surface area contributed by atoms with Crippen LogP contribution in [0.3, 0.4) is 0 Å². The van der Waals surface area contributed by atoms with Gasteiger partial charge in [-0.2, -0.15) is 5.10 Å². The van der Waals surface area contributed by atoms with E-state index in [-0.39, 0.29) is 23.5 Å². The van der Waals surface area contributed by atoms with E-state index in [2.05, 4.69) is 21.4 Å². The van der Waals surface area contributed by atoms with Crippen molar-refractivity contribution >= 4 is 34.5 Å². The lowest BCUT2D eigenvalue weighted by Crippen LogP contribution is -2.70. The van der Waals surface area contributed by atoms with Crippen LogP contribution in [0.5, 0.6) is 0 Å². The van der Waals surface area contributed by atoms with Crippen LogP contribution in [0.15, 0.2) is 18.2 Å². The number of benzene rings is 1. The maximum atomic E-state index is 12.3. The summed E-state index contributed by atoms with van der Waals surface area (Å²) >= 11 is 0. The molecule has 0 aliphatic carbocycles. The van der Waals surface area contributed by atoms with Crippen molar-refractivity contribution < 1.29 is 23.9 Å². The van der Waals surface area contributed by atoms with E-state index in [4.69, 9.17) is 9.47 Å². The van der Waals surface area contributed by atoms with Gasteiger partial charge in [-0.15, -0.1) is 0 Å². The van der Waals surface area contributed by atoms with Gasteiger partial charge in [0.2, 0.25) is 11.8 Å². The molecule has 1 aromatic heterocycles. The standard InChI is InChI=1S/C22H27N5O5/c1-3-31-21(30)26-8-9-32-22(11-26)12-27(13-22)14-4-5-15-17(10-14)25(2)24-19(15)16-6-7-18(28)23-20(16)29/h4-5,10,16H,3,6-9,11-13H2,1-2H3,(H,23,28,29). The minimum atomic E-state index is -0.418. The molecule has 32 heavy (non-hydrogen) atoms. The molecule has 10 nitrogen and oxygen atoms in total. The summed E-state index contributed by atoms with van der Waals surface area (Å²) in [6, 6.07) is 6.09. The predicted molar refractivity (Wildman–Crippen MR) is 115 cm³/mol. The number of nitrogens with zero attached hydrogens (tertiary/aromatic N) is 4. The normalized spacial score (nSPS) is 22.8. The molecule has 1 aromatic carbocycles. The summed E-state index contributed by atoms with van der Waals surface area (Å²) < 4.78 is 13.0. The number of aryl methyl sites for hydroxylation is 1. The first-order valence-corrected chi connectivity index (χ1v) is 11.0. The van der Waals surface area contributed by atoms with Gasteiger partial charge in [-0.25, -0.2) is 4.79 Å². The second kappa shape index (κ2) is 7.77. The number of hydrogen-bond donors (Lipinski definition) is 1. The van der Waals surface area contributed by atoms with Crippen LogP contribution < -0.4 is 10.2 Å². The van der Waals surface area contributed by atoms with Crippen LogP contribution in [0, 0.1) is 0 Å². The van der Waals surface area contributed by atoms with Gasteiger partial charge >= 0.3 is 6.09 Å². The van der Waals surface area contributed by atoms with Gasteiger partial charge in [-0.1, -0.05) is 0 Å². The second-order valence-electron chi connectivity index (χ2n) is 8.72. The molecule has 10 heteroatoms. The molecule has 3 amide bonds. The highest BCUT2D eigenvalue weighted by Crippen LogP contribution is 2.36. The first kappa shape index (κ1) is 20.7. The number of anilines is 1. The fourth-order valence-corrected chi connectivity index (χ4v) is 4.92. The first-order valence-electron chi connectivity index (χ1n) is 11.0. The lowest BCUT2D eigenvalue weighted by atomic mass is 9.90. The number of piperidine rings is 1. The Kier molecular flexibility index (Phi) is 5.04. The van der Waals surface area contributed by atoms with Crippen LogP contribution in [-0.2, 0) is 26.1 Å². The van der Waals surface area contributed by atoms with Gasteiger partial charge in [0.1, 0.15) is 5.60 Å². The van der Waals surface area contributed by atoms with E-state index in [0.29, 0.717) is 57.9 Å². The van der Waals surface area contributed by atoms with E-state index in [0.717, 1.165) is 16.6 Å². The summed E-state index contributed by atoms with van der Waals surface area (Å²) in [5.74, 6) is -0.929. The van der Waals surface area contributed by atoms with Gasteiger partial charge in [0.05, 0.1) is 50.0 Å². The van der Waals surface area contributed by atoms with Gasteiger partial charge in [0.15, 0.2) is 0 Å². The fraction of sp³-hybridized carbons (Fsp3) is 0.545. The van der Waals surface area contributed by atoms with Gasteiger partial charge in [0.25, 0.3) is 0 Å². The Labute approximate surface area is 185 Å². The van der Waals surface area contributed by atoms with E-state index in [1.165, 1.54) is 0 Å². The van der Waals surface area contributed by atoms with E-state index in [1.54, 1.807) is 16.5 Å². The van der Waals surface area contributed by atoms with Crippen molar-refractivity contribution in [2.75, 3.05) is 44.3 Å². The third-order valence-corrected chi connectivity index (χ3v) is 6.53. The van der Waals surface area contributed by atoms with Gasteiger partial charge in [0, 0.05) is 31.1 Å². The van der Waals surface area contributed by atoms with Gasteiger partial charge < -0.3 is 19.3 Å². The average molecular weight is 441 g/mol. The summed E-state index contributed by atoms with van der Waals surface area (Å²) in [6.07, 6.45) is 0.512. The maximum Gasteiger partial charge on any atom is 0.409 e. The number of imide groups is 1. The zero-order valence-corrected chi connectivity index (χ0v) is 18.3. The fourth-order valence-electron chi connectivity index (χ4n) is 4.92. The van der Waals surface area contributed by atoms with Crippen molar-refractivity contribution in [3.05, 3.63) is 23.9 Å². The maximum absolute atomic E-state index is 12.3. The zero-order valence-electron chi connectivity index (χ0n) is 18.3. The Hall–Kier alpha value is -3.14. The summed E-state index contributed by atoms with van der Waals surface area (Å²) in [4.78, 5) is 39.9. The molecule has 5 rings (SSSR count). The largest absolute Gasteiger partial charge is 0.450 e. The third kappa shape index (κ3) is 3.48. The number of nitrogens with one attached hydrogen (secondary N) is 1. The van der Waals surface area contributed by atoms with Crippen molar-refractivity contribution in [3.63, 3.8) is 0 Å². The minimum Gasteiger partial charge on any atom is -0.450 e. The number of amides is 3. The average Bonchev–Trinajstić information content (AvgIpc) is 3.08. The summed E-state index contributed by atoms with van der Waals surface area (Å²) in [5.41, 5.74) is 2.31. The number of rotatable bonds is 3. The molecular formula is C22H27N5O5. The van der Waals surface area contributed by atoms with Crippen molar-refractivity contribution in [1.29, 1.82) is 0 Å². The molecule has 1 unspecified atom stereocenters. The lowest BCUT2D eigenvalue weighted by molar-refractivity contribution is -0.134. The molecular weight excluding hydrogens is 414 g/mol. The number of carbonyl (C=O) groups is 3. The van der Waals surface area contributed by atoms with Gasteiger partial charge in [-0.3, -0.25) is 19.6 Å². The predicted octanol–water partition coefficient (Wildman–Crippen LogP) is 1.14. The Morgan fingerprint density at radius 2 is 2.12 bits per heavy atom. The van der Waals surface area contributed by atoms with E-state index < -0.39 is 5.92 Å². The van der Waals surface area contributed by atoms with E-state index in [9.17, 15) is 14.4 Å². The molecule has 0 radical (unpaired) electrons. The van der Waals surface area contributed by atoms with Crippen molar-refractivity contribution in [1.82, 2.24) is 20.0 Å². The molecule has 0 saturated carbocycles. The molecule has 3 fully saturated rings. The molecule has 3 aliphatic rings. The second-order valence-corrected chi connectivity index (χ2v) is 8.72. The number of hydrogen-bond acceptors (Lipinski definition) is 7. The number of ether oxygens (including phenoxy) is 2. The molecule has 1 atom stereocenters.